The van der Waals surface area contributed by atoms with Crippen LogP contribution in [-0.4, -0.2) is 21.6 Å². The molecule has 0 saturated heterocycles. The summed E-state index contributed by atoms with van der Waals surface area (Å²) in [6.45, 7) is 0. The fourth-order valence-electron chi connectivity index (χ4n) is 2.14. The van der Waals surface area contributed by atoms with Crippen molar-refractivity contribution in [2.75, 3.05) is 11.1 Å². The molecule has 0 aliphatic carbocycles. The number of aromatic amines is 2. The van der Waals surface area contributed by atoms with Crippen molar-refractivity contribution in [3.05, 3.63) is 64.6 Å². The predicted octanol–water partition coefficient (Wildman–Crippen LogP) is 2.73. The van der Waals surface area contributed by atoms with Crippen molar-refractivity contribution in [2.24, 2.45) is 0 Å². The summed E-state index contributed by atoms with van der Waals surface area (Å²) in [5.74, 6) is 1.13. The maximum atomic E-state index is 11.9. The molecule has 3 aromatic rings. The van der Waals surface area contributed by atoms with Crippen molar-refractivity contribution in [3.63, 3.8) is 0 Å². The fraction of sp³-hybridized carbons (Fsp3) is 0.125. The van der Waals surface area contributed by atoms with E-state index in [1.54, 1.807) is 30.0 Å². The van der Waals surface area contributed by atoms with Gasteiger partial charge in [-0.3, -0.25) is 4.79 Å². The van der Waals surface area contributed by atoms with E-state index < -0.39 is 0 Å². The van der Waals surface area contributed by atoms with Crippen molar-refractivity contribution in [3.8, 4) is 0 Å². The number of hydrogen-bond donors (Lipinski definition) is 3. The molecule has 6 heteroatoms. The molecule has 1 heterocycles. The summed E-state index contributed by atoms with van der Waals surface area (Å²) in [7, 11) is 0. The largest absolute Gasteiger partial charge is 0.325 e. The van der Waals surface area contributed by atoms with E-state index in [-0.39, 0.29) is 11.6 Å². The van der Waals surface area contributed by atoms with Gasteiger partial charge in [-0.25, -0.2) is 4.79 Å². The van der Waals surface area contributed by atoms with E-state index in [9.17, 15) is 9.59 Å². The molecule has 0 bridgehead atoms. The number of thioether (sulfide) groups is 1. The number of benzene rings is 2. The number of nitrogens with one attached hydrogen (secondary N) is 3. The van der Waals surface area contributed by atoms with Crippen molar-refractivity contribution >= 4 is 34.4 Å². The monoisotopic (exact) mass is 313 g/mol. The zero-order valence-corrected chi connectivity index (χ0v) is 12.6. The average molecular weight is 313 g/mol. The number of fused-ring (bicyclic) bond motifs is 1. The van der Waals surface area contributed by atoms with Crippen LogP contribution in [0.2, 0.25) is 0 Å². The lowest BCUT2D eigenvalue weighted by molar-refractivity contribution is -0.113. The van der Waals surface area contributed by atoms with Gasteiger partial charge in [0.05, 0.1) is 16.8 Å². The summed E-state index contributed by atoms with van der Waals surface area (Å²) in [6, 6.07) is 15.3. The minimum Gasteiger partial charge on any atom is -0.325 e. The minimum absolute atomic E-state index is 0.0573. The van der Waals surface area contributed by atoms with Gasteiger partial charge in [0, 0.05) is 11.4 Å². The van der Waals surface area contributed by atoms with Crippen molar-refractivity contribution < 1.29 is 4.79 Å². The van der Waals surface area contributed by atoms with Gasteiger partial charge in [0.1, 0.15) is 0 Å². The van der Waals surface area contributed by atoms with Gasteiger partial charge in [-0.15, -0.1) is 11.8 Å². The fourth-order valence-corrected chi connectivity index (χ4v) is 2.93. The highest BCUT2D eigenvalue weighted by atomic mass is 32.2. The first-order valence-electron chi connectivity index (χ1n) is 6.84. The molecule has 0 spiro atoms. The topological polar surface area (TPSA) is 77.8 Å². The van der Waals surface area contributed by atoms with E-state index in [4.69, 9.17) is 0 Å². The molecule has 2 aromatic carbocycles. The Morgan fingerprint density at radius 3 is 2.64 bits per heavy atom. The Labute approximate surface area is 131 Å². The number of aromatic nitrogens is 2. The normalized spacial score (nSPS) is 10.7. The van der Waals surface area contributed by atoms with E-state index in [2.05, 4.69) is 15.3 Å². The van der Waals surface area contributed by atoms with Gasteiger partial charge in [0.25, 0.3) is 0 Å². The van der Waals surface area contributed by atoms with Gasteiger partial charge in [0.2, 0.25) is 5.91 Å². The molecule has 0 radical (unpaired) electrons. The Balaban J connectivity index is 1.55. The van der Waals surface area contributed by atoms with Crippen LogP contribution in [0.15, 0.2) is 53.3 Å². The van der Waals surface area contributed by atoms with E-state index in [1.165, 1.54) is 5.56 Å². The molecule has 5 nitrogen and oxygen atoms in total. The summed E-state index contributed by atoms with van der Waals surface area (Å²) in [6.07, 6.45) is 0. The number of hydrogen-bond acceptors (Lipinski definition) is 3. The van der Waals surface area contributed by atoms with Gasteiger partial charge in [-0.05, 0) is 23.8 Å². The number of carbonyl (C=O) groups excluding carboxylic acids is 1. The number of rotatable bonds is 5. The number of carbonyl (C=O) groups is 1. The van der Waals surface area contributed by atoms with Gasteiger partial charge in [0.15, 0.2) is 0 Å². The molecule has 22 heavy (non-hydrogen) atoms. The molecule has 3 N–H and O–H groups in total. The third-order valence-electron chi connectivity index (χ3n) is 3.14. The van der Waals surface area contributed by atoms with Crippen LogP contribution in [0.4, 0.5) is 5.69 Å². The smallest absolute Gasteiger partial charge is 0.323 e. The second kappa shape index (κ2) is 6.53. The molecule has 0 aliphatic rings. The highest BCUT2D eigenvalue weighted by Gasteiger charge is 2.05. The van der Waals surface area contributed by atoms with E-state index >= 15 is 0 Å². The molecule has 0 fully saturated rings. The van der Waals surface area contributed by atoms with Crippen LogP contribution in [0.5, 0.6) is 0 Å². The number of amides is 1. The quantitative estimate of drug-likeness (QED) is 0.678. The van der Waals surface area contributed by atoms with Crippen LogP contribution in [0.3, 0.4) is 0 Å². The van der Waals surface area contributed by atoms with Gasteiger partial charge >= 0.3 is 5.69 Å². The molecular weight excluding hydrogens is 298 g/mol. The standard InChI is InChI=1S/C16H15N3O2S/c20-15(10-22-9-11-4-2-1-3-5-11)17-12-6-7-13-14(8-12)19-16(21)18-13/h1-8H,9-10H2,(H,17,20)(H2,18,19,21). The van der Waals surface area contributed by atoms with Gasteiger partial charge in [-0.2, -0.15) is 0 Å². The third-order valence-corrected chi connectivity index (χ3v) is 4.15. The van der Waals surface area contributed by atoms with E-state index in [0.29, 0.717) is 17.0 Å². The second-order valence-corrected chi connectivity index (χ2v) is 5.85. The Kier molecular flexibility index (Phi) is 4.29. The van der Waals surface area contributed by atoms with Crippen LogP contribution in [0.1, 0.15) is 5.56 Å². The first kappa shape index (κ1) is 14.5. The molecule has 0 unspecified atom stereocenters. The lowest BCUT2D eigenvalue weighted by atomic mass is 10.2. The molecule has 112 valence electrons. The predicted molar refractivity (Wildman–Crippen MR) is 90.2 cm³/mol. The zero-order valence-electron chi connectivity index (χ0n) is 11.8. The van der Waals surface area contributed by atoms with E-state index in [1.807, 2.05) is 30.3 Å². The first-order chi connectivity index (χ1) is 10.7. The minimum atomic E-state index is -0.253. The molecule has 0 aliphatic heterocycles. The third kappa shape index (κ3) is 3.59. The maximum Gasteiger partial charge on any atom is 0.323 e. The van der Waals surface area contributed by atoms with Crippen LogP contribution in [-0.2, 0) is 10.5 Å². The Morgan fingerprint density at radius 2 is 1.82 bits per heavy atom. The molecule has 0 atom stereocenters. The summed E-state index contributed by atoms with van der Waals surface area (Å²) >= 11 is 1.57. The van der Waals surface area contributed by atoms with Crippen molar-refractivity contribution in [1.82, 2.24) is 9.97 Å². The van der Waals surface area contributed by atoms with Gasteiger partial charge < -0.3 is 15.3 Å². The van der Waals surface area contributed by atoms with E-state index in [0.717, 1.165) is 11.3 Å². The van der Waals surface area contributed by atoms with Crippen LogP contribution >= 0.6 is 11.8 Å². The Bertz CT molecular complexity index is 839. The molecule has 1 aromatic heterocycles. The lowest BCUT2D eigenvalue weighted by Gasteiger charge is -2.05. The number of imidazole rings is 1. The summed E-state index contributed by atoms with van der Waals surface area (Å²) < 4.78 is 0. The van der Waals surface area contributed by atoms with Crippen molar-refractivity contribution in [2.45, 2.75) is 5.75 Å². The Hall–Kier alpha value is -2.47. The highest BCUT2D eigenvalue weighted by molar-refractivity contribution is 7.99. The molecule has 1 amide bonds. The Morgan fingerprint density at radius 1 is 1.05 bits per heavy atom. The van der Waals surface area contributed by atoms with Crippen LogP contribution in [0, 0.1) is 0 Å². The first-order valence-corrected chi connectivity index (χ1v) is 8.00. The SMILES string of the molecule is O=C(CSCc1ccccc1)Nc1ccc2[nH]c(=O)[nH]c2c1. The number of H-pyrrole nitrogens is 2. The van der Waals surface area contributed by atoms with Crippen LogP contribution in [0.25, 0.3) is 11.0 Å². The van der Waals surface area contributed by atoms with Crippen molar-refractivity contribution in [1.29, 1.82) is 0 Å². The highest BCUT2D eigenvalue weighted by Crippen LogP contribution is 2.16. The van der Waals surface area contributed by atoms with Crippen LogP contribution < -0.4 is 11.0 Å². The maximum absolute atomic E-state index is 11.9. The zero-order chi connectivity index (χ0) is 15.4. The molecular formula is C16H15N3O2S. The summed E-state index contributed by atoms with van der Waals surface area (Å²) in [4.78, 5) is 28.5. The second-order valence-electron chi connectivity index (χ2n) is 4.87. The lowest BCUT2D eigenvalue weighted by Crippen LogP contribution is -2.14. The summed E-state index contributed by atoms with van der Waals surface area (Å²) in [5, 5.41) is 2.83. The molecule has 0 saturated carbocycles. The average Bonchev–Trinajstić information content (AvgIpc) is 2.87. The number of anilines is 1. The molecule has 3 rings (SSSR count). The summed E-state index contributed by atoms with van der Waals surface area (Å²) in [5.41, 5.74) is 3.03. The van der Waals surface area contributed by atoms with Gasteiger partial charge in [-0.1, -0.05) is 30.3 Å².